The van der Waals surface area contributed by atoms with Crippen LogP contribution in [-0.4, -0.2) is 35.9 Å². The highest BCUT2D eigenvalue weighted by Crippen LogP contribution is 2.45. The predicted molar refractivity (Wildman–Crippen MR) is 158 cm³/mol. The Morgan fingerprint density at radius 1 is 1.02 bits per heavy atom. The van der Waals surface area contributed by atoms with E-state index in [-0.39, 0.29) is 18.4 Å². The first-order valence-electron chi connectivity index (χ1n) is 14.1. The molecule has 1 aromatic heterocycles. The number of pyridine rings is 1. The standard InChI is InChI=1S/C34H34N2O5/c1-21-14-26(39-13-5-7-23-6-4-12-35-18-23)15-22(2)33(21)29-9-3-8-28-30(20-41-34(28)29)36-25-10-11-27-24(16-32(37)38)19-40-31(27)17-25/h3-4,6,8-12,14-15,17-18,24,30,36H,5,7,13,16,19-20H2,1-2H3,(H,37,38). The summed E-state index contributed by atoms with van der Waals surface area (Å²) in [5.41, 5.74) is 8.75. The number of anilines is 1. The number of para-hydroxylation sites is 1. The first-order chi connectivity index (χ1) is 20.0. The predicted octanol–water partition coefficient (Wildman–Crippen LogP) is 6.87. The van der Waals surface area contributed by atoms with Crippen molar-refractivity contribution >= 4 is 11.7 Å². The minimum Gasteiger partial charge on any atom is -0.494 e. The molecular weight excluding hydrogens is 516 g/mol. The van der Waals surface area contributed by atoms with Crippen LogP contribution in [0.5, 0.6) is 17.2 Å². The second-order valence-corrected chi connectivity index (χ2v) is 10.8. The monoisotopic (exact) mass is 550 g/mol. The SMILES string of the molecule is Cc1cc(OCCCc2cccnc2)cc(C)c1-c1cccc2c1OCC2Nc1ccc2c(c1)OCC2CC(=O)O. The molecule has 0 aliphatic carbocycles. The van der Waals surface area contributed by atoms with Crippen molar-refractivity contribution in [1.29, 1.82) is 0 Å². The molecule has 210 valence electrons. The lowest BCUT2D eigenvalue weighted by Gasteiger charge is -2.17. The van der Waals surface area contributed by atoms with Gasteiger partial charge in [0, 0.05) is 46.8 Å². The molecule has 0 saturated carbocycles. The number of aliphatic carboxylic acids is 1. The Bertz CT molecular complexity index is 1550. The van der Waals surface area contributed by atoms with E-state index in [0.29, 0.717) is 19.8 Å². The second kappa shape index (κ2) is 11.5. The van der Waals surface area contributed by atoms with Crippen LogP contribution in [0.4, 0.5) is 5.69 Å². The van der Waals surface area contributed by atoms with Gasteiger partial charge in [-0.15, -0.1) is 0 Å². The first-order valence-corrected chi connectivity index (χ1v) is 14.1. The van der Waals surface area contributed by atoms with Crippen molar-refractivity contribution in [3.8, 4) is 28.4 Å². The third-order valence-corrected chi connectivity index (χ3v) is 7.85. The number of aromatic nitrogens is 1. The van der Waals surface area contributed by atoms with Crippen LogP contribution in [0.25, 0.3) is 11.1 Å². The molecule has 2 atom stereocenters. The van der Waals surface area contributed by atoms with Gasteiger partial charge in [0.1, 0.15) is 23.9 Å². The van der Waals surface area contributed by atoms with Crippen LogP contribution in [0.3, 0.4) is 0 Å². The summed E-state index contributed by atoms with van der Waals surface area (Å²) in [4.78, 5) is 15.4. The highest BCUT2D eigenvalue weighted by molar-refractivity contribution is 5.79. The first kappa shape index (κ1) is 26.7. The van der Waals surface area contributed by atoms with E-state index in [9.17, 15) is 9.90 Å². The number of hydrogen-bond acceptors (Lipinski definition) is 6. The van der Waals surface area contributed by atoms with E-state index >= 15 is 0 Å². The van der Waals surface area contributed by atoms with Crippen molar-refractivity contribution in [3.63, 3.8) is 0 Å². The number of ether oxygens (including phenoxy) is 3. The number of nitrogens with zero attached hydrogens (tertiary/aromatic N) is 1. The molecule has 6 rings (SSSR count). The fourth-order valence-electron chi connectivity index (χ4n) is 5.95. The van der Waals surface area contributed by atoms with Crippen LogP contribution < -0.4 is 19.5 Å². The van der Waals surface area contributed by atoms with Gasteiger partial charge in [-0.2, -0.15) is 0 Å². The zero-order valence-corrected chi connectivity index (χ0v) is 23.4. The average molecular weight is 551 g/mol. The number of rotatable bonds is 10. The minimum atomic E-state index is -0.811. The van der Waals surface area contributed by atoms with Gasteiger partial charge in [0.15, 0.2) is 0 Å². The summed E-state index contributed by atoms with van der Waals surface area (Å²) in [7, 11) is 0. The Balaban J connectivity index is 1.15. The second-order valence-electron chi connectivity index (χ2n) is 10.8. The number of carboxylic acids is 1. The molecule has 7 nitrogen and oxygen atoms in total. The van der Waals surface area contributed by atoms with Gasteiger partial charge < -0.3 is 24.6 Å². The summed E-state index contributed by atoms with van der Waals surface area (Å²) in [5.74, 6) is 1.62. The molecule has 0 fully saturated rings. The summed E-state index contributed by atoms with van der Waals surface area (Å²) >= 11 is 0. The molecule has 3 aromatic carbocycles. The van der Waals surface area contributed by atoms with E-state index in [0.717, 1.165) is 63.6 Å². The third kappa shape index (κ3) is 5.71. The average Bonchev–Trinajstić information content (AvgIpc) is 3.55. The van der Waals surface area contributed by atoms with E-state index in [4.69, 9.17) is 14.2 Å². The summed E-state index contributed by atoms with van der Waals surface area (Å²) in [6.07, 6.45) is 5.64. The molecule has 4 aromatic rings. The normalized spacial score (nSPS) is 16.8. The number of fused-ring (bicyclic) bond motifs is 2. The largest absolute Gasteiger partial charge is 0.494 e. The molecule has 3 heterocycles. The van der Waals surface area contributed by atoms with Crippen LogP contribution in [0.2, 0.25) is 0 Å². The number of carboxylic acid groups (broad SMARTS) is 1. The fraction of sp³-hybridized carbons (Fsp3) is 0.294. The Labute approximate surface area is 240 Å². The molecule has 7 heteroatoms. The van der Waals surface area contributed by atoms with Gasteiger partial charge in [-0.25, -0.2) is 0 Å². The van der Waals surface area contributed by atoms with Crippen molar-refractivity contribution in [2.75, 3.05) is 25.1 Å². The fourth-order valence-corrected chi connectivity index (χ4v) is 5.95. The summed E-state index contributed by atoms with van der Waals surface area (Å²) < 4.78 is 18.2. The molecule has 2 aliphatic rings. The lowest BCUT2D eigenvalue weighted by Crippen LogP contribution is -2.11. The Kier molecular flexibility index (Phi) is 7.51. The summed E-state index contributed by atoms with van der Waals surface area (Å²) in [6, 6.07) is 20.5. The number of nitrogens with one attached hydrogen (secondary N) is 1. The van der Waals surface area contributed by atoms with Crippen molar-refractivity contribution in [2.24, 2.45) is 0 Å². The van der Waals surface area contributed by atoms with Gasteiger partial charge in [0.05, 0.1) is 25.7 Å². The molecule has 2 N–H and O–H groups in total. The van der Waals surface area contributed by atoms with Crippen LogP contribution >= 0.6 is 0 Å². The molecule has 0 bridgehead atoms. The molecule has 0 spiro atoms. The lowest BCUT2D eigenvalue weighted by atomic mass is 9.92. The Morgan fingerprint density at radius 3 is 2.66 bits per heavy atom. The van der Waals surface area contributed by atoms with Gasteiger partial charge in [0.2, 0.25) is 0 Å². The molecular formula is C34H34N2O5. The van der Waals surface area contributed by atoms with Gasteiger partial charge in [-0.1, -0.05) is 30.3 Å². The van der Waals surface area contributed by atoms with Crippen molar-refractivity contribution < 1.29 is 24.1 Å². The van der Waals surface area contributed by atoms with E-state index in [1.165, 1.54) is 11.1 Å². The molecule has 0 radical (unpaired) electrons. The number of carbonyl (C=O) groups is 1. The maximum atomic E-state index is 11.2. The van der Waals surface area contributed by atoms with Crippen molar-refractivity contribution in [3.05, 3.63) is 101 Å². The molecule has 2 unspecified atom stereocenters. The lowest BCUT2D eigenvalue weighted by molar-refractivity contribution is -0.137. The quantitative estimate of drug-likeness (QED) is 0.208. The molecule has 2 aliphatic heterocycles. The highest BCUT2D eigenvalue weighted by atomic mass is 16.5. The Morgan fingerprint density at radius 2 is 1.88 bits per heavy atom. The number of aryl methyl sites for hydroxylation is 3. The maximum Gasteiger partial charge on any atom is 0.304 e. The van der Waals surface area contributed by atoms with E-state index in [1.807, 2.05) is 30.5 Å². The highest BCUT2D eigenvalue weighted by Gasteiger charge is 2.30. The summed E-state index contributed by atoms with van der Waals surface area (Å²) in [6.45, 7) is 5.81. The van der Waals surface area contributed by atoms with Gasteiger partial charge >= 0.3 is 5.97 Å². The van der Waals surface area contributed by atoms with Gasteiger partial charge in [-0.3, -0.25) is 9.78 Å². The van der Waals surface area contributed by atoms with E-state index in [2.05, 4.69) is 60.5 Å². The van der Waals surface area contributed by atoms with Gasteiger partial charge in [-0.05, 0) is 73.2 Å². The third-order valence-electron chi connectivity index (χ3n) is 7.85. The Hall–Kier alpha value is -4.52. The van der Waals surface area contributed by atoms with Crippen LogP contribution in [-0.2, 0) is 11.2 Å². The zero-order valence-electron chi connectivity index (χ0n) is 23.4. The molecule has 41 heavy (non-hydrogen) atoms. The molecule has 0 saturated heterocycles. The van der Waals surface area contributed by atoms with E-state index < -0.39 is 5.97 Å². The van der Waals surface area contributed by atoms with Crippen LogP contribution in [0.1, 0.15) is 52.6 Å². The van der Waals surface area contributed by atoms with Crippen LogP contribution in [0, 0.1) is 13.8 Å². The van der Waals surface area contributed by atoms with E-state index in [1.54, 1.807) is 6.20 Å². The number of hydrogen-bond donors (Lipinski definition) is 2. The zero-order chi connectivity index (χ0) is 28.3. The minimum absolute atomic E-state index is 0.0118. The van der Waals surface area contributed by atoms with Crippen molar-refractivity contribution in [1.82, 2.24) is 4.98 Å². The van der Waals surface area contributed by atoms with Gasteiger partial charge in [0.25, 0.3) is 0 Å². The van der Waals surface area contributed by atoms with Crippen LogP contribution in [0.15, 0.2) is 73.1 Å². The smallest absolute Gasteiger partial charge is 0.304 e. The van der Waals surface area contributed by atoms with Crippen molar-refractivity contribution in [2.45, 2.75) is 45.1 Å². The topological polar surface area (TPSA) is 89.9 Å². The molecule has 0 amide bonds. The number of benzene rings is 3. The maximum absolute atomic E-state index is 11.2. The summed E-state index contributed by atoms with van der Waals surface area (Å²) in [5, 5.41) is 12.8.